The summed E-state index contributed by atoms with van der Waals surface area (Å²) in [5.74, 6) is -1.35. The summed E-state index contributed by atoms with van der Waals surface area (Å²) < 4.78 is 59.7. The fraction of sp³-hybridized carbons (Fsp3) is 0.207. The summed E-state index contributed by atoms with van der Waals surface area (Å²) in [6.07, 6.45) is -0.866. The Labute approximate surface area is 207 Å². The molecule has 0 saturated carbocycles. The maximum absolute atomic E-state index is 14.6. The Kier molecular flexibility index (Phi) is 8.35. The molecule has 3 aromatic carbocycles. The van der Waals surface area contributed by atoms with E-state index >= 15 is 0 Å². The highest BCUT2D eigenvalue weighted by atomic mass is 19.4. The van der Waals surface area contributed by atoms with Crippen molar-refractivity contribution in [2.45, 2.75) is 33.4 Å². The molecule has 0 spiro atoms. The molecule has 0 aliphatic carbocycles. The summed E-state index contributed by atoms with van der Waals surface area (Å²) in [4.78, 5) is 12.1. The third kappa shape index (κ3) is 6.22. The summed E-state index contributed by atoms with van der Waals surface area (Å²) >= 11 is 0. The van der Waals surface area contributed by atoms with Gasteiger partial charge >= 0.3 is 12.1 Å². The van der Waals surface area contributed by atoms with Gasteiger partial charge in [-0.15, -0.1) is 0 Å². The Balaban J connectivity index is 2.03. The van der Waals surface area contributed by atoms with E-state index in [0.717, 1.165) is 12.1 Å². The first-order valence-corrected chi connectivity index (χ1v) is 11.4. The van der Waals surface area contributed by atoms with Crippen molar-refractivity contribution in [3.05, 3.63) is 101 Å². The molecule has 0 unspecified atom stereocenters. The van der Waals surface area contributed by atoms with E-state index in [1.165, 1.54) is 18.2 Å². The van der Waals surface area contributed by atoms with Crippen molar-refractivity contribution in [3.8, 4) is 16.9 Å². The van der Waals surface area contributed by atoms with E-state index in [0.29, 0.717) is 46.6 Å². The quantitative estimate of drug-likeness (QED) is 0.194. The molecule has 0 bridgehead atoms. The van der Waals surface area contributed by atoms with Crippen molar-refractivity contribution in [1.29, 1.82) is 0 Å². The molecular weight excluding hydrogens is 472 g/mol. The first kappa shape index (κ1) is 26.7. The van der Waals surface area contributed by atoms with Gasteiger partial charge in [0, 0.05) is 11.6 Å². The topological polar surface area (TPSA) is 46.5 Å². The normalized spacial score (nSPS) is 12.5. The molecule has 0 aliphatic heterocycles. The average molecular weight is 499 g/mol. The Morgan fingerprint density at radius 2 is 1.69 bits per heavy atom. The van der Waals surface area contributed by atoms with Gasteiger partial charge in [0.05, 0.1) is 17.7 Å². The Bertz CT molecular complexity index is 1300. The minimum atomic E-state index is -4.60. The molecule has 0 amide bonds. The smallest absolute Gasteiger partial charge is 0.416 e. The van der Waals surface area contributed by atoms with Crippen LogP contribution in [0.1, 0.15) is 42.5 Å². The van der Waals surface area contributed by atoms with E-state index in [1.54, 1.807) is 49.4 Å². The maximum atomic E-state index is 14.6. The van der Waals surface area contributed by atoms with Crippen molar-refractivity contribution in [3.63, 3.8) is 0 Å². The van der Waals surface area contributed by atoms with Gasteiger partial charge in [-0.3, -0.25) is 0 Å². The lowest BCUT2D eigenvalue weighted by Crippen LogP contribution is -2.08. The van der Waals surface area contributed by atoms with Crippen LogP contribution in [0.5, 0.6) is 5.75 Å². The van der Waals surface area contributed by atoms with Gasteiger partial charge in [-0.1, -0.05) is 43.3 Å². The van der Waals surface area contributed by atoms with Crippen LogP contribution in [0.15, 0.2) is 72.8 Å². The number of carbonyl (C=O) groups is 1. The van der Waals surface area contributed by atoms with E-state index in [4.69, 9.17) is 4.74 Å². The van der Waals surface area contributed by atoms with Crippen molar-refractivity contribution in [2.75, 3.05) is 6.61 Å². The van der Waals surface area contributed by atoms with Gasteiger partial charge in [0.25, 0.3) is 0 Å². The number of aliphatic carboxylic acids is 1. The SMILES string of the molecule is CC/C=C(/C=C(/C(=O)O)c1cc(C(F)(F)F)ccc1C)c1ccc(-c2ccc(OCC)cc2F)cc1. The van der Waals surface area contributed by atoms with Crippen LogP contribution in [0.4, 0.5) is 17.6 Å². The van der Waals surface area contributed by atoms with Gasteiger partial charge in [-0.05, 0) is 78.4 Å². The molecule has 0 atom stereocenters. The molecule has 0 radical (unpaired) electrons. The maximum Gasteiger partial charge on any atom is 0.416 e. The zero-order chi connectivity index (χ0) is 26.5. The Morgan fingerprint density at radius 1 is 1.00 bits per heavy atom. The lowest BCUT2D eigenvalue weighted by Gasteiger charge is -2.13. The Hall–Kier alpha value is -3.87. The van der Waals surface area contributed by atoms with Gasteiger partial charge in [0.15, 0.2) is 0 Å². The molecule has 188 valence electrons. The number of rotatable bonds is 8. The van der Waals surface area contributed by atoms with E-state index in [-0.39, 0.29) is 11.1 Å². The summed E-state index contributed by atoms with van der Waals surface area (Å²) in [5.41, 5.74) is 1.42. The first-order valence-electron chi connectivity index (χ1n) is 11.4. The molecule has 7 heteroatoms. The molecule has 0 saturated heterocycles. The summed E-state index contributed by atoms with van der Waals surface area (Å²) in [5, 5.41) is 9.86. The summed E-state index contributed by atoms with van der Waals surface area (Å²) in [6.45, 7) is 5.67. The zero-order valence-corrected chi connectivity index (χ0v) is 20.1. The molecular formula is C29H26F4O3. The number of allylic oxidation sites excluding steroid dienone is 3. The van der Waals surface area contributed by atoms with Crippen molar-refractivity contribution < 1.29 is 32.2 Å². The van der Waals surface area contributed by atoms with Crippen molar-refractivity contribution in [1.82, 2.24) is 0 Å². The molecule has 0 fully saturated rings. The predicted octanol–water partition coefficient (Wildman–Crippen LogP) is 8.18. The van der Waals surface area contributed by atoms with Crippen LogP contribution < -0.4 is 4.74 Å². The van der Waals surface area contributed by atoms with Gasteiger partial charge in [0.2, 0.25) is 0 Å². The largest absolute Gasteiger partial charge is 0.494 e. The van der Waals surface area contributed by atoms with Gasteiger partial charge in [-0.25, -0.2) is 9.18 Å². The molecule has 36 heavy (non-hydrogen) atoms. The molecule has 0 heterocycles. The van der Waals surface area contributed by atoms with Crippen LogP contribution in [0.3, 0.4) is 0 Å². The van der Waals surface area contributed by atoms with Gasteiger partial charge in [0.1, 0.15) is 11.6 Å². The number of ether oxygens (including phenoxy) is 1. The van der Waals surface area contributed by atoms with Crippen LogP contribution in [0.25, 0.3) is 22.3 Å². The van der Waals surface area contributed by atoms with Gasteiger partial charge in [-0.2, -0.15) is 13.2 Å². The fourth-order valence-corrected chi connectivity index (χ4v) is 3.81. The standard InChI is InChI=1S/C29H26F4O3/c1-4-6-21(15-26(28(34)35)25-16-22(29(31,32)33)12-7-18(25)3)19-8-10-20(11-9-19)24-14-13-23(36-5-2)17-27(24)30/h6-17H,4-5H2,1-3H3,(H,34,35)/b21-6-,26-15+. The first-order chi connectivity index (χ1) is 17.0. The lowest BCUT2D eigenvalue weighted by atomic mass is 9.93. The minimum Gasteiger partial charge on any atom is -0.494 e. The zero-order valence-electron chi connectivity index (χ0n) is 20.1. The number of carboxylic acids is 1. The molecule has 3 nitrogen and oxygen atoms in total. The van der Waals surface area contributed by atoms with E-state index < -0.39 is 23.5 Å². The third-order valence-corrected chi connectivity index (χ3v) is 5.59. The second kappa shape index (κ2) is 11.2. The van der Waals surface area contributed by atoms with Crippen molar-refractivity contribution >= 4 is 17.1 Å². The Morgan fingerprint density at radius 3 is 2.25 bits per heavy atom. The van der Waals surface area contributed by atoms with E-state index in [1.807, 2.05) is 13.8 Å². The van der Waals surface area contributed by atoms with Crippen LogP contribution >= 0.6 is 0 Å². The molecule has 3 rings (SSSR count). The van der Waals surface area contributed by atoms with Crippen LogP contribution in [-0.4, -0.2) is 17.7 Å². The number of hydrogen-bond acceptors (Lipinski definition) is 2. The number of benzene rings is 3. The third-order valence-electron chi connectivity index (χ3n) is 5.59. The summed E-state index contributed by atoms with van der Waals surface area (Å²) in [6, 6.07) is 14.5. The number of hydrogen-bond donors (Lipinski definition) is 1. The lowest BCUT2D eigenvalue weighted by molar-refractivity contribution is -0.137. The summed E-state index contributed by atoms with van der Waals surface area (Å²) in [7, 11) is 0. The second-order valence-corrected chi connectivity index (χ2v) is 8.11. The molecule has 1 N–H and O–H groups in total. The van der Waals surface area contributed by atoms with Crippen molar-refractivity contribution in [2.24, 2.45) is 0 Å². The average Bonchev–Trinajstić information content (AvgIpc) is 2.82. The number of halogens is 4. The van der Waals surface area contributed by atoms with Crippen LogP contribution in [-0.2, 0) is 11.0 Å². The molecule has 3 aromatic rings. The van der Waals surface area contributed by atoms with E-state index in [2.05, 4.69) is 0 Å². The predicted molar refractivity (Wildman–Crippen MR) is 133 cm³/mol. The highest BCUT2D eigenvalue weighted by Crippen LogP contribution is 2.34. The highest BCUT2D eigenvalue weighted by molar-refractivity contribution is 6.18. The van der Waals surface area contributed by atoms with Crippen LogP contribution in [0.2, 0.25) is 0 Å². The second-order valence-electron chi connectivity index (χ2n) is 8.11. The number of alkyl halides is 3. The number of carboxylic acid groups (broad SMARTS) is 1. The highest BCUT2D eigenvalue weighted by Gasteiger charge is 2.31. The van der Waals surface area contributed by atoms with Gasteiger partial charge < -0.3 is 9.84 Å². The monoisotopic (exact) mass is 498 g/mol. The van der Waals surface area contributed by atoms with Crippen LogP contribution in [0, 0.1) is 12.7 Å². The molecule has 0 aromatic heterocycles. The number of aryl methyl sites for hydroxylation is 1. The van der Waals surface area contributed by atoms with E-state index in [9.17, 15) is 27.5 Å². The molecule has 0 aliphatic rings. The fourth-order valence-electron chi connectivity index (χ4n) is 3.81. The minimum absolute atomic E-state index is 0.00703.